The van der Waals surface area contributed by atoms with E-state index in [2.05, 4.69) is 27.4 Å². The van der Waals surface area contributed by atoms with Gasteiger partial charge < -0.3 is 10.1 Å². The molecule has 1 aliphatic heterocycles. The van der Waals surface area contributed by atoms with Gasteiger partial charge in [0.2, 0.25) is 0 Å². The zero-order chi connectivity index (χ0) is 18.3. The first kappa shape index (κ1) is 19.4. The van der Waals surface area contributed by atoms with Crippen LogP contribution in [-0.4, -0.2) is 47.5 Å². The smallest absolute Gasteiger partial charge is 0.396 e. The van der Waals surface area contributed by atoms with E-state index in [0.717, 1.165) is 6.54 Å². The molecule has 7 nitrogen and oxygen atoms in total. The fraction of sp³-hybridized carbons (Fsp3) is 0.529. The lowest BCUT2D eigenvalue weighted by Gasteiger charge is -2.41. The zero-order valence-corrected chi connectivity index (χ0v) is 15.2. The van der Waals surface area contributed by atoms with Crippen molar-refractivity contribution in [1.29, 1.82) is 0 Å². The molecule has 0 aromatic heterocycles. The first-order valence-corrected chi connectivity index (χ1v) is 8.74. The number of piperidine rings is 1. The molecule has 8 heteroatoms. The third kappa shape index (κ3) is 5.27. The molecule has 1 heterocycles. The van der Waals surface area contributed by atoms with Crippen LogP contribution in [0.5, 0.6) is 0 Å². The minimum Gasteiger partial charge on any atom is -0.459 e. The van der Waals surface area contributed by atoms with Crippen molar-refractivity contribution in [3.05, 3.63) is 40.8 Å². The minimum absolute atomic E-state index is 0.0350. The molecule has 1 fully saturated rings. The number of thiol groups is 1. The minimum atomic E-state index is -0.942. The highest BCUT2D eigenvalue weighted by atomic mass is 32.1. The van der Waals surface area contributed by atoms with Crippen LogP contribution in [0.15, 0.2) is 35.5 Å². The molecule has 25 heavy (non-hydrogen) atoms. The van der Waals surface area contributed by atoms with Crippen LogP contribution < -0.4 is 5.32 Å². The van der Waals surface area contributed by atoms with Gasteiger partial charge in [-0.15, -0.1) is 0 Å². The second-order valence-corrected chi connectivity index (χ2v) is 7.25. The number of ether oxygens (including phenoxy) is 1. The molecule has 1 saturated heterocycles. The number of rotatable bonds is 6. The number of nitroso groups, excluding NO2 is 1. The summed E-state index contributed by atoms with van der Waals surface area (Å²) in [5.41, 5.74) is 0.281. The van der Waals surface area contributed by atoms with Gasteiger partial charge in [-0.05, 0) is 6.92 Å². The summed E-state index contributed by atoms with van der Waals surface area (Å²) in [6, 6.07) is 10.0. The molecule has 1 aromatic rings. The van der Waals surface area contributed by atoms with Crippen LogP contribution in [0.2, 0.25) is 0 Å². The average Bonchev–Trinajstić information content (AvgIpc) is 2.62. The molecule has 0 saturated carbocycles. The van der Waals surface area contributed by atoms with E-state index < -0.39 is 17.4 Å². The van der Waals surface area contributed by atoms with Crippen molar-refractivity contribution in [2.75, 3.05) is 26.2 Å². The van der Waals surface area contributed by atoms with Crippen molar-refractivity contribution < 1.29 is 18.2 Å². The molecular formula is C17H24N3O4S+. The second kappa shape index (κ2) is 8.44. The molecule has 1 aromatic carbocycles. The first-order valence-electron chi connectivity index (χ1n) is 8.34. The maximum Gasteiger partial charge on any atom is 0.396 e. The number of carbonyl (C=O) groups excluding carboxylic acids is 2. The molecule has 0 unspecified atom stereocenters. The number of nitrogens with zero attached hydrogens (tertiary/aromatic N) is 2. The molecule has 2 rings (SSSR count). The fourth-order valence-corrected chi connectivity index (χ4v) is 3.33. The van der Waals surface area contributed by atoms with Gasteiger partial charge in [-0.25, -0.2) is 4.79 Å². The number of likely N-dealkylation sites (tertiary alicyclic amines) is 1. The van der Waals surface area contributed by atoms with Crippen LogP contribution in [0.25, 0.3) is 0 Å². The Hall–Kier alpha value is -1.93. The fourth-order valence-electron chi connectivity index (χ4n) is 2.96. The topological polar surface area (TPSA) is 84.8 Å². The number of hydrogen-bond donors (Lipinski definition) is 2. The number of quaternary nitrogens is 1. The van der Waals surface area contributed by atoms with E-state index in [1.54, 1.807) is 6.92 Å². The van der Waals surface area contributed by atoms with Gasteiger partial charge in [0.15, 0.2) is 0 Å². The summed E-state index contributed by atoms with van der Waals surface area (Å²) < 4.78 is 5.16. The Morgan fingerprint density at radius 2 is 1.92 bits per heavy atom. The van der Waals surface area contributed by atoms with Gasteiger partial charge >= 0.3 is 11.9 Å². The average molecular weight is 366 g/mol. The SMILES string of the molecule is CCOC(=O)C(=O)NCC1(N=O)CC[N+](S)(Cc2ccccc2)CC1. The van der Waals surface area contributed by atoms with Crippen molar-refractivity contribution in [2.45, 2.75) is 31.8 Å². The normalized spacial score (nSPS) is 25.8. The van der Waals surface area contributed by atoms with E-state index in [4.69, 9.17) is 12.8 Å². The highest BCUT2D eigenvalue weighted by molar-refractivity contribution is 7.74. The maximum atomic E-state index is 11.7. The summed E-state index contributed by atoms with van der Waals surface area (Å²) in [4.78, 5) is 34.4. The van der Waals surface area contributed by atoms with Crippen LogP contribution in [0.3, 0.4) is 0 Å². The molecule has 0 aliphatic carbocycles. The summed E-state index contributed by atoms with van der Waals surface area (Å²) in [7, 11) is 0. The number of amides is 1. The third-order valence-electron chi connectivity index (χ3n) is 4.54. The van der Waals surface area contributed by atoms with E-state index in [-0.39, 0.29) is 13.2 Å². The van der Waals surface area contributed by atoms with Gasteiger partial charge in [-0.1, -0.05) is 35.5 Å². The number of esters is 1. The molecule has 0 atom stereocenters. The van der Waals surface area contributed by atoms with Crippen LogP contribution in [0.4, 0.5) is 0 Å². The van der Waals surface area contributed by atoms with Gasteiger partial charge in [-0.2, -0.15) is 4.91 Å². The van der Waals surface area contributed by atoms with Crippen LogP contribution in [-0.2, 0) is 20.9 Å². The molecule has 0 bridgehead atoms. The molecule has 1 aliphatic rings. The number of hydrogen-bond acceptors (Lipinski definition) is 6. The largest absolute Gasteiger partial charge is 0.459 e. The lowest BCUT2D eigenvalue weighted by atomic mass is 9.88. The number of carbonyl (C=O) groups is 2. The monoisotopic (exact) mass is 366 g/mol. The number of nitrogens with one attached hydrogen (secondary N) is 1. The van der Waals surface area contributed by atoms with E-state index in [0.29, 0.717) is 29.8 Å². The van der Waals surface area contributed by atoms with Gasteiger partial charge in [0.1, 0.15) is 12.1 Å². The summed E-state index contributed by atoms with van der Waals surface area (Å²) in [5, 5.41) is 5.73. The Bertz CT molecular complexity index is 616. The van der Waals surface area contributed by atoms with Gasteiger partial charge in [-0.3, -0.25) is 8.68 Å². The van der Waals surface area contributed by atoms with Crippen molar-refractivity contribution in [3.8, 4) is 0 Å². The molecular weight excluding hydrogens is 342 g/mol. The Morgan fingerprint density at radius 3 is 2.48 bits per heavy atom. The standard InChI is InChI=1S/C17H23N3O4S/c1-2-24-16(22)15(21)18-13-17(19-23)8-10-20(25,11-9-17)12-14-6-4-3-5-7-14/h3-7,25H,2,8-13H2,1H3/p+1. The molecule has 0 spiro atoms. The van der Waals surface area contributed by atoms with Crippen LogP contribution >= 0.6 is 12.8 Å². The predicted molar refractivity (Wildman–Crippen MR) is 96.5 cm³/mol. The summed E-state index contributed by atoms with van der Waals surface area (Å²) in [6.07, 6.45) is 0.992. The lowest BCUT2D eigenvalue weighted by molar-refractivity contribution is -0.813. The molecule has 0 radical (unpaired) electrons. The molecule has 1 amide bonds. The van der Waals surface area contributed by atoms with Crippen molar-refractivity contribution in [2.24, 2.45) is 5.18 Å². The first-order chi connectivity index (χ1) is 11.9. The Balaban J connectivity index is 1.91. The lowest BCUT2D eigenvalue weighted by Crippen LogP contribution is -2.54. The van der Waals surface area contributed by atoms with Crippen LogP contribution in [0, 0.1) is 4.91 Å². The quantitative estimate of drug-likeness (QED) is 0.264. The van der Waals surface area contributed by atoms with E-state index in [1.807, 2.05) is 18.2 Å². The van der Waals surface area contributed by atoms with Gasteiger partial charge in [0.25, 0.3) is 0 Å². The third-order valence-corrected chi connectivity index (χ3v) is 5.08. The Kier molecular flexibility index (Phi) is 6.55. The van der Waals surface area contributed by atoms with Gasteiger partial charge in [0.05, 0.1) is 32.5 Å². The number of benzene rings is 1. The van der Waals surface area contributed by atoms with Crippen molar-refractivity contribution in [1.82, 2.24) is 5.32 Å². The highest BCUT2D eigenvalue weighted by Gasteiger charge is 2.43. The Morgan fingerprint density at radius 1 is 1.28 bits per heavy atom. The predicted octanol–water partition coefficient (Wildman–Crippen LogP) is 1.83. The summed E-state index contributed by atoms with van der Waals surface area (Å²) >= 11 is 4.78. The Labute approximate surface area is 152 Å². The van der Waals surface area contributed by atoms with Gasteiger partial charge in [0, 0.05) is 24.9 Å². The maximum absolute atomic E-state index is 11.7. The van der Waals surface area contributed by atoms with Crippen molar-refractivity contribution in [3.63, 3.8) is 0 Å². The summed E-state index contributed by atoms with van der Waals surface area (Å²) in [5.74, 6) is -1.78. The van der Waals surface area contributed by atoms with E-state index in [1.165, 1.54) is 5.56 Å². The second-order valence-electron chi connectivity index (χ2n) is 6.40. The highest BCUT2D eigenvalue weighted by Crippen LogP contribution is 2.33. The van der Waals surface area contributed by atoms with E-state index in [9.17, 15) is 14.5 Å². The molecule has 1 N–H and O–H groups in total. The summed E-state index contributed by atoms with van der Waals surface area (Å²) in [6.45, 7) is 3.85. The van der Waals surface area contributed by atoms with Crippen LogP contribution in [0.1, 0.15) is 25.3 Å². The van der Waals surface area contributed by atoms with Crippen molar-refractivity contribution >= 4 is 24.7 Å². The zero-order valence-electron chi connectivity index (χ0n) is 14.3. The molecule has 136 valence electrons. The van der Waals surface area contributed by atoms with E-state index >= 15 is 0 Å².